The molecule has 0 aliphatic rings. The van der Waals surface area contributed by atoms with Gasteiger partial charge in [-0.3, -0.25) is 14.9 Å². The quantitative estimate of drug-likeness (QED) is 0.536. The highest BCUT2D eigenvalue weighted by Gasteiger charge is 2.11. The molecular weight excluding hydrogens is 278 g/mol. The lowest BCUT2D eigenvalue weighted by Crippen LogP contribution is -2.10. The van der Waals surface area contributed by atoms with Crippen molar-refractivity contribution in [1.82, 2.24) is 8.94 Å². The summed E-state index contributed by atoms with van der Waals surface area (Å²) in [5, 5.41) is 11.2. The molecule has 20 heavy (non-hydrogen) atoms. The highest BCUT2D eigenvalue weighted by Crippen LogP contribution is 2.20. The van der Waals surface area contributed by atoms with Gasteiger partial charge in [0.25, 0.3) is 11.2 Å². The first-order chi connectivity index (χ1) is 9.56. The number of hydrogen-bond acceptors (Lipinski definition) is 5. The zero-order valence-corrected chi connectivity index (χ0v) is 11.3. The maximum Gasteiger partial charge on any atom is 0.274 e. The second-order valence-electron chi connectivity index (χ2n) is 4.33. The number of fused-ring (bicyclic) bond motifs is 1. The number of aromatic nitrogens is 2. The predicted octanol–water partition coefficient (Wildman–Crippen LogP) is 2.66. The molecule has 0 aliphatic heterocycles. The third-order valence-electron chi connectivity index (χ3n) is 2.88. The van der Waals surface area contributed by atoms with Crippen molar-refractivity contribution < 1.29 is 4.92 Å². The normalized spacial score (nSPS) is 10.8. The number of non-ortho nitro benzene ring substituents is 1. The molecule has 0 fully saturated rings. The summed E-state index contributed by atoms with van der Waals surface area (Å²) < 4.78 is 1.49. The Balaban J connectivity index is 2.17. The van der Waals surface area contributed by atoms with Crippen molar-refractivity contribution in [3.8, 4) is 5.69 Å². The first-order valence-electron chi connectivity index (χ1n) is 5.80. The van der Waals surface area contributed by atoms with Crippen LogP contribution in [0.5, 0.6) is 0 Å². The van der Waals surface area contributed by atoms with Crippen LogP contribution in [0.1, 0.15) is 5.56 Å². The maximum absolute atomic E-state index is 12.3. The Morgan fingerprint density at radius 1 is 1.30 bits per heavy atom. The van der Waals surface area contributed by atoms with Crippen LogP contribution in [-0.2, 0) is 0 Å². The number of aryl methyl sites for hydroxylation is 1. The number of pyridine rings is 1. The summed E-state index contributed by atoms with van der Waals surface area (Å²) in [5.41, 5.74) is 1.36. The Morgan fingerprint density at radius 2 is 2.00 bits per heavy atom. The fourth-order valence-corrected chi connectivity index (χ4v) is 2.83. The highest BCUT2D eigenvalue weighted by molar-refractivity contribution is 7.13. The van der Waals surface area contributed by atoms with Crippen molar-refractivity contribution in [1.29, 1.82) is 0 Å². The van der Waals surface area contributed by atoms with Gasteiger partial charge in [0, 0.05) is 18.3 Å². The molecule has 0 bridgehead atoms. The average molecular weight is 287 g/mol. The van der Waals surface area contributed by atoms with E-state index >= 15 is 0 Å². The van der Waals surface area contributed by atoms with Gasteiger partial charge in [0.1, 0.15) is 4.83 Å². The fraction of sp³-hybridized carbons (Fsp3) is 0.0769. The van der Waals surface area contributed by atoms with E-state index in [1.54, 1.807) is 24.4 Å². The number of benzene rings is 1. The van der Waals surface area contributed by atoms with Gasteiger partial charge in [-0.15, -0.1) is 0 Å². The molecule has 0 radical (unpaired) electrons. The zero-order valence-electron chi connectivity index (χ0n) is 10.4. The molecule has 1 aromatic carbocycles. The minimum Gasteiger partial charge on any atom is -0.267 e. The molecule has 0 saturated heterocycles. The Kier molecular flexibility index (Phi) is 2.83. The van der Waals surface area contributed by atoms with Gasteiger partial charge in [0.15, 0.2) is 0 Å². The monoisotopic (exact) mass is 287 g/mol. The molecule has 100 valence electrons. The Morgan fingerprint density at radius 3 is 2.65 bits per heavy atom. The van der Waals surface area contributed by atoms with Crippen molar-refractivity contribution in [3.63, 3.8) is 0 Å². The lowest BCUT2D eigenvalue weighted by Gasteiger charge is -1.98. The van der Waals surface area contributed by atoms with E-state index in [0.717, 1.165) is 5.56 Å². The number of rotatable bonds is 2. The van der Waals surface area contributed by atoms with Crippen LogP contribution in [0.25, 0.3) is 15.9 Å². The third kappa shape index (κ3) is 1.97. The van der Waals surface area contributed by atoms with Gasteiger partial charge in [0.2, 0.25) is 0 Å². The molecule has 0 N–H and O–H groups in total. The van der Waals surface area contributed by atoms with Crippen molar-refractivity contribution in [2.45, 2.75) is 6.92 Å². The van der Waals surface area contributed by atoms with Crippen LogP contribution in [-0.4, -0.2) is 13.9 Å². The molecule has 0 spiro atoms. The Hall–Kier alpha value is -2.54. The van der Waals surface area contributed by atoms with Gasteiger partial charge in [0.05, 0.1) is 16.0 Å². The second kappa shape index (κ2) is 4.53. The molecule has 0 amide bonds. The standard InChI is InChI=1S/C13H9N3O3S/c1-8-6-11-12(14-7-8)20-15(13(11)17)9-2-4-10(5-3-9)16(18)19/h2-7H,1H3. The first-order valence-corrected chi connectivity index (χ1v) is 6.57. The Labute approximate surface area is 117 Å². The molecule has 2 heterocycles. The molecule has 0 atom stereocenters. The van der Waals surface area contributed by atoms with E-state index in [-0.39, 0.29) is 11.2 Å². The number of nitrogens with zero attached hydrogens (tertiary/aromatic N) is 3. The van der Waals surface area contributed by atoms with E-state index in [0.29, 0.717) is 15.9 Å². The van der Waals surface area contributed by atoms with E-state index in [1.165, 1.54) is 27.6 Å². The fourth-order valence-electron chi connectivity index (χ4n) is 1.90. The van der Waals surface area contributed by atoms with Crippen LogP contribution in [0.15, 0.2) is 41.3 Å². The van der Waals surface area contributed by atoms with E-state index in [9.17, 15) is 14.9 Å². The molecule has 0 saturated carbocycles. The zero-order chi connectivity index (χ0) is 14.3. The molecule has 6 nitrogen and oxygen atoms in total. The van der Waals surface area contributed by atoms with Crippen LogP contribution in [0.3, 0.4) is 0 Å². The van der Waals surface area contributed by atoms with Gasteiger partial charge >= 0.3 is 0 Å². The number of hydrogen-bond donors (Lipinski definition) is 0. The summed E-state index contributed by atoms with van der Waals surface area (Å²) in [7, 11) is 0. The van der Waals surface area contributed by atoms with Crippen molar-refractivity contribution >= 4 is 27.4 Å². The lowest BCUT2D eigenvalue weighted by molar-refractivity contribution is -0.384. The van der Waals surface area contributed by atoms with Crippen molar-refractivity contribution in [2.24, 2.45) is 0 Å². The van der Waals surface area contributed by atoms with Crippen molar-refractivity contribution in [2.75, 3.05) is 0 Å². The Bertz CT molecular complexity index is 865. The minimum absolute atomic E-state index is 0.00289. The van der Waals surface area contributed by atoms with E-state index in [2.05, 4.69) is 4.98 Å². The summed E-state index contributed by atoms with van der Waals surface area (Å²) in [4.78, 5) is 27.3. The summed E-state index contributed by atoms with van der Waals surface area (Å²) in [6.45, 7) is 1.87. The van der Waals surface area contributed by atoms with Gasteiger partial charge < -0.3 is 0 Å². The first kappa shape index (κ1) is 12.5. The smallest absolute Gasteiger partial charge is 0.267 e. The second-order valence-corrected chi connectivity index (χ2v) is 5.26. The maximum atomic E-state index is 12.3. The van der Waals surface area contributed by atoms with E-state index in [4.69, 9.17) is 0 Å². The van der Waals surface area contributed by atoms with Crippen LogP contribution in [0.4, 0.5) is 5.69 Å². The summed E-state index contributed by atoms with van der Waals surface area (Å²) in [6.07, 6.45) is 1.71. The minimum atomic E-state index is -0.470. The molecule has 0 aliphatic carbocycles. The van der Waals surface area contributed by atoms with Crippen LogP contribution >= 0.6 is 11.5 Å². The molecule has 3 aromatic rings. The van der Waals surface area contributed by atoms with Crippen LogP contribution in [0, 0.1) is 17.0 Å². The third-order valence-corrected chi connectivity index (χ3v) is 3.93. The molecule has 2 aromatic heterocycles. The summed E-state index contributed by atoms with van der Waals surface area (Å²) >= 11 is 1.22. The SMILES string of the molecule is Cc1cnc2sn(-c3ccc([N+](=O)[O-])cc3)c(=O)c2c1. The largest absolute Gasteiger partial charge is 0.274 e. The predicted molar refractivity (Wildman–Crippen MR) is 76.6 cm³/mol. The number of nitro benzene ring substituents is 1. The van der Waals surface area contributed by atoms with Gasteiger partial charge in [-0.1, -0.05) is 0 Å². The molecule has 3 rings (SSSR count). The van der Waals surface area contributed by atoms with E-state index < -0.39 is 4.92 Å². The lowest BCUT2D eigenvalue weighted by atomic mass is 10.2. The van der Waals surface area contributed by atoms with Gasteiger partial charge in [-0.25, -0.2) is 8.94 Å². The van der Waals surface area contributed by atoms with Crippen molar-refractivity contribution in [3.05, 3.63) is 62.6 Å². The van der Waals surface area contributed by atoms with Crippen LogP contribution < -0.4 is 5.56 Å². The molecule has 0 unspecified atom stereocenters. The summed E-state index contributed by atoms with van der Waals surface area (Å²) in [6, 6.07) is 7.67. The summed E-state index contributed by atoms with van der Waals surface area (Å²) in [5.74, 6) is 0. The number of nitro groups is 1. The highest BCUT2D eigenvalue weighted by atomic mass is 32.1. The van der Waals surface area contributed by atoms with Crippen LogP contribution in [0.2, 0.25) is 0 Å². The van der Waals surface area contributed by atoms with E-state index in [1.807, 2.05) is 6.92 Å². The molecule has 7 heteroatoms. The molecular formula is C13H9N3O3S. The average Bonchev–Trinajstić information content (AvgIpc) is 2.76. The topological polar surface area (TPSA) is 78.0 Å². The van der Waals surface area contributed by atoms with Gasteiger partial charge in [-0.05, 0) is 42.2 Å². The van der Waals surface area contributed by atoms with Gasteiger partial charge in [-0.2, -0.15) is 0 Å².